The lowest BCUT2D eigenvalue weighted by Crippen LogP contribution is -2.12. The number of ether oxygens (including phenoxy) is 1. The number of hydrogen-bond donors (Lipinski definition) is 2. The fraction of sp³-hybridized carbons (Fsp3) is 0.357. The van der Waals surface area contributed by atoms with Crippen LogP contribution in [0.5, 0.6) is 5.75 Å². The Balaban J connectivity index is 2.10. The predicted octanol–water partition coefficient (Wildman–Crippen LogP) is 2.74. The molecule has 0 fully saturated rings. The summed E-state index contributed by atoms with van der Waals surface area (Å²) in [6, 6.07) is 7.68. The minimum atomic E-state index is 0.228. The SMILES string of the molecule is CCOCCCN=C(N)c1sc2ccccc2c1O. The Morgan fingerprint density at radius 2 is 2.21 bits per heavy atom. The van der Waals surface area contributed by atoms with Gasteiger partial charge in [-0.1, -0.05) is 12.1 Å². The molecule has 0 saturated carbocycles. The van der Waals surface area contributed by atoms with Gasteiger partial charge in [-0.3, -0.25) is 4.99 Å². The number of amidine groups is 1. The lowest BCUT2D eigenvalue weighted by atomic mass is 10.2. The quantitative estimate of drug-likeness (QED) is 0.485. The molecule has 5 heteroatoms. The molecule has 4 nitrogen and oxygen atoms in total. The van der Waals surface area contributed by atoms with E-state index in [1.807, 2.05) is 31.2 Å². The van der Waals surface area contributed by atoms with Crippen molar-refractivity contribution in [2.75, 3.05) is 19.8 Å². The van der Waals surface area contributed by atoms with Crippen LogP contribution in [0.4, 0.5) is 0 Å². The van der Waals surface area contributed by atoms with Gasteiger partial charge in [0.05, 0.1) is 0 Å². The van der Waals surface area contributed by atoms with E-state index in [0.717, 1.165) is 23.1 Å². The Hall–Kier alpha value is -1.59. The largest absolute Gasteiger partial charge is 0.506 e. The Kier molecular flexibility index (Phi) is 4.76. The van der Waals surface area contributed by atoms with Crippen molar-refractivity contribution in [3.8, 4) is 5.75 Å². The second-order valence-corrected chi connectivity index (χ2v) is 5.15. The van der Waals surface area contributed by atoms with Gasteiger partial charge in [0.1, 0.15) is 16.5 Å². The van der Waals surface area contributed by atoms with E-state index < -0.39 is 0 Å². The van der Waals surface area contributed by atoms with Gasteiger partial charge in [-0.2, -0.15) is 0 Å². The summed E-state index contributed by atoms with van der Waals surface area (Å²) in [5.41, 5.74) is 5.93. The monoisotopic (exact) mass is 278 g/mol. The molecule has 1 heterocycles. The maximum atomic E-state index is 10.1. The van der Waals surface area contributed by atoms with Crippen molar-refractivity contribution in [1.29, 1.82) is 0 Å². The van der Waals surface area contributed by atoms with E-state index in [-0.39, 0.29) is 5.75 Å². The van der Waals surface area contributed by atoms with Crippen LogP contribution in [-0.4, -0.2) is 30.7 Å². The van der Waals surface area contributed by atoms with Gasteiger partial charge in [0.2, 0.25) is 0 Å². The van der Waals surface area contributed by atoms with Crippen LogP contribution in [0.25, 0.3) is 10.1 Å². The highest BCUT2D eigenvalue weighted by Crippen LogP contribution is 2.36. The summed E-state index contributed by atoms with van der Waals surface area (Å²) < 4.78 is 6.25. The summed E-state index contributed by atoms with van der Waals surface area (Å²) >= 11 is 1.46. The van der Waals surface area contributed by atoms with Crippen molar-refractivity contribution >= 4 is 27.3 Å². The summed E-state index contributed by atoms with van der Waals surface area (Å²) in [5, 5.41) is 11.0. The number of nitrogens with zero attached hydrogens (tertiary/aromatic N) is 1. The molecule has 0 aliphatic carbocycles. The van der Waals surface area contributed by atoms with E-state index >= 15 is 0 Å². The van der Waals surface area contributed by atoms with Crippen LogP contribution in [0.3, 0.4) is 0 Å². The maximum Gasteiger partial charge on any atom is 0.145 e. The van der Waals surface area contributed by atoms with Crippen molar-refractivity contribution in [2.45, 2.75) is 13.3 Å². The molecule has 0 saturated heterocycles. The molecule has 2 aromatic rings. The third-order valence-electron chi connectivity index (χ3n) is 2.73. The van der Waals surface area contributed by atoms with E-state index in [0.29, 0.717) is 23.9 Å². The number of aliphatic imine (C=N–C) groups is 1. The molecular formula is C14H18N2O2S. The fourth-order valence-electron chi connectivity index (χ4n) is 1.79. The van der Waals surface area contributed by atoms with Gasteiger partial charge in [-0.25, -0.2) is 0 Å². The number of nitrogens with two attached hydrogens (primary N) is 1. The summed E-state index contributed by atoms with van der Waals surface area (Å²) in [7, 11) is 0. The van der Waals surface area contributed by atoms with Crippen molar-refractivity contribution < 1.29 is 9.84 Å². The molecule has 0 spiro atoms. The zero-order valence-corrected chi connectivity index (χ0v) is 11.7. The molecule has 3 N–H and O–H groups in total. The summed E-state index contributed by atoms with van der Waals surface area (Å²) in [5.74, 6) is 0.627. The fourth-order valence-corrected chi connectivity index (χ4v) is 2.80. The first-order valence-corrected chi connectivity index (χ1v) is 7.14. The number of fused-ring (bicyclic) bond motifs is 1. The van der Waals surface area contributed by atoms with Crippen molar-refractivity contribution in [1.82, 2.24) is 0 Å². The molecule has 102 valence electrons. The van der Waals surface area contributed by atoms with Crippen LogP contribution in [0, 0.1) is 0 Å². The first-order chi connectivity index (χ1) is 9.24. The molecule has 0 unspecified atom stereocenters. The highest BCUT2D eigenvalue weighted by molar-refractivity contribution is 7.21. The maximum absolute atomic E-state index is 10.1. The second kappa shape index (κ2) is 6.54. The number of aromatic hydroxyl groups is 1. The Bertz CT molecular complexity index is 578. The summed E-state index contributed by atoms with van der Waals surface area (Å²) in [4.78, 5) is 4.94. The molecule has 0 radical (unpaired) electrons. The smallest absolute Gasteiger partial charge is 0.145 e. The van der Waals surface area contributed by atoms with Crippen LogP contribution >= 0.6 is 11.3 Å². The van der Waals surface area contributed by atoms with Gasteiger partial charge >= 0.3 is 0 Å². The minimum Gasteiger partial charge on any atom is -0.506 e. The molecule has 0 aliphatic heterocycles. The van der Waals surface area contributed by atoms with E-state index in [4.69, 9.17) is 10.5 Å². The third-order valence-corrected chi connectivity index (χ3v) is 3.92. The van der Waals surface area contributed by atoms with Gasteiger partial charge < -0.3 is 15.6 Å². The van der Waals surface area contributed by atoms with Gasteiger partial charge in [-0.15, -0.1) is 11.3 Å². The van der Waals surface area contributed by atoms with Crippen LogP contribution in [0.2, 0.25) is 0 Å². The lowest BCUT2D eigenvalue weighted by Gasteiger charge is -2.00. The number of benzene rings is 1. The zero-order chi connectivity index (χ0) is 13.7. The summed E-state index contributed by atoms with van der Waals surface area (Å²) in [6.45, 7) is 3.98. The van der Waals surface area contributed by atoms with Crippen molar-refractivity contribution in [3.05, 3.63) is 29.1 Å². The normalized spacial score (nSPS) is 12.2. The number of rotatable bonds is 6. The highest BCUT2D eigenvalue weighted by Gasteiger charge is 2.13. The van der Waals surface area contributed by atoms with Gasteiger partial charge in [0.15, 0.2) is 0 Å². The average molecular weight is 278 g/mol. The third kappa shape index (κ3) is 3.24. The standard InChI is InChI=1S/C14H18N2O2S/c1-2-18-9-5-8-16-14(15)13-12(17)10-6-3-4-7-11(10)19-13/h3-4,6-7,17H,2,5,8-9H2,1H3,(H2,15,16). The molecule has 1 aromatic heterocycles. The predicted molar refractivity (Wildman–Crippen MR) is 80.2 cm³/mol. The van der Waals surface area contributed by atoms with Gasteiger partial charge in [0, 0.05) is 29.8 Å². The van der Waals surface area contributed by atoms with E-state index in [2.05, 4.69) is 4.99 Å². The molecule has 19 heavy (non-hydrogen) atoms. The molecule has 0 aliphatic rings. The zero-order valence-electron chi connectivity index (χ0n) is 10.9. The van der Waals surface area contributed by atoms with E-state index in [1.165, 1.54) is 11.3 Å². The first kappa shape index (κ1) is 13.8. The highest BCUT2D eigenvalue weighted by atomic mass is 32.1. The molecule has 0 amide bonds. The van der Waals surface area contributed by atoms with Crippen LogP contribution in [-0.2, 0) is 4.74 Å². The molecule has 1 aromatic carbocycles. The van der Waals surface area contributed by atoms with E-state index in [1.54, 1.807) is 0 Å². The Morgan fingerprint density at radius 3 is 2.95 bits per heavy atom. The summed E-state index contributed by atoms with van der Waals surface area (Å²) in [6.07, 6.45) is 0.834. The van der Waals surface area contributed by atoms with Crippen molar-refractivity contribution in [3.63, 3.8) is 0 Å². The molecular weight excluding hydrogens is 260 g/mol. The molecule has 0 atom stereocenters. The molecule has 0 bridgehead atoms. The lowest BCUT2D eigenvalue weighted by molar-refractivity contribution is 0.146. The first-order valence-electron chi connectivity index (χ1n) is 6.32. The second-order valence-electron chi connectivity index (χ2n) is 4.09. The van der Waals surface area contributed by atoms with Crippen LogP contribution in [0.15, 0.2) is 29.3 Å². The van der Waals surface area contributed by atoms with Gasteiger partial charge in [-0.05, 0) is 25.5 Å². The van der Waals surface area contributed by atoms with Gasteiger partial charge in [0.25, 0.3) is 0 Å². The number of hydrogen-bond acceptors (Lipinski definition) is 4. The topological polar surface area (TPSA) is 67.8 Å². The average Bonchev–Trinajstić information content (AvgIpc) is 2.76. The van der Waals surface area contributed by atoms with E-state index in [9.17, 15) is 5.11 Å². The number of thiophene rings is 1. The Morgan fingerprint density at radius 1 is 1.42 bits per heavy atom. The Labute approximate surface area is 116 Å². The van der Waals surface area contributed by atoms with Crippen molar-refractivity contribution in [2.24, 2.45) is 10.7 Å². The molecule has 2 rings (SSSR count). The minimum absolute atomic E-state index is 0.228. The van der Waals surface area contributed by atoms with Crippen LogP contribution < -0.4 is 5.73 Å². The van der Waals surface area contributed by atoms with Crippen LogP contribution in [0.1, 0.15) is 18.2 Å².